The molecule has 19 heavy (non-hydrogen) atoms. The van der Waals surface area contributed by atoms with E-state index in [9.17, 15) is 12.9 Å². The number of aromatic nitrogens is 1. The summed E-state index contributed by atoms with van der Waals surface area (Å²) in [7, 11) is 0. The fourth-order valence-electron chi connectivity index (χ4n) is 1.44. The number of pyridine rings is 1. The number of rotatable bonds is 4. The van der Waals surface area contributed by atoms with Crippen LogP contribution in [-0.2, 0) is 6.61 Å². The molecule has 2 nitrogen and oxygen atoms in total. The van der Waals surface area contributed by atoms with Gasteiger partial charge in [0, 0.05) is 11.2 Å². The standard InChI is InChI=1S/C12H9BClF3NO/c14-11-3-1-9(2-4-11)8-19-12-5-10(6-18-7-12)13(15,16)17/h1-7H,8H2/q-1. The highest BCUT2D eigenvalue weighted by Gasteiger charge is 2.26. The summed E-state index contributed by atoms with van der Waals surface area (Å²) in [5.41, 5.74) is 0.0425. The van der Waals surface area contributed by atoms with Gasteiger partial charge in [-0.05, 0) is 23.8 Å². The molecule has 2 aromatic rings. The smallest absolute Gasteiger partial charge is 0.487 e. The van der Waals surface area contributed by atoms with Crippen LogP contribution in [0.2, 0.25) is 5.02 Å². The molecule has 2 rings (SSSR count). The second kappa shape index (κ2) is 5.53. The van der Waals surface area contributed by atoms with Gasteiger partial charge >= 0.3 is 6.98 Å². The van der Waals surface area contributed by atoms with Gasteiger partial charge in [0.1, 0.15) is 12.4 Å². The minimum absolute atomic E-state index is 0.0895. The summed E-state index contributed by atoms with van der Waals surface area (Å²) in [5.74, 6) is 0.0895. The average molecular weight is 286 g/mol. The number of hydrogen-bond acceptors (Lipinski definition) is 2. The van der Waals surface area contributed by atoms with Crippen molar-refractivity contribution in [2.45, 2.75) is 6.61 Å². The van der Waals surface area contributed by atoms with Crippen LogP contribution in [0.1, 0.15) is 5.56 Å². The van der Waals surface area contributed by atoms with Gasteiger partial charge in [0.25, 0.3) is 0 Å². The van der Waals surface area contributed by atoms with Crippen molar-refractivity contribution >= 4 is 24.0 Å². The maximum absolute atomic E-state index is 12.5. The molecule has 7 heteroatoms. The molecule has 1 aromatic heterocycles. The molecule has 1 aromatic carbocycles. The van der Waals surface area contributed by atoms with Crippen molar-refractivity contribution in [2.24, 2.45) is 0 Å². The summed E-state index contributed by atoms with van der Waals surface area (Å²) in [6.07, 6.45) is 2.04. The molecular weight excluding hydrogens is 277 g/mol. The molecule has 1 heterocycles. The SMILES string of the molecule is F[B-](F)(F)c1cncc(OCc2ccc(Cl)cc2)c1. The molecular formula is C12H9BClF3NO-. The fourth-order valence-corrected chi connectivity index (χ4v) is 1.57. The lowest BCUT2D eigenvalue weighted by atomic mass is 9.81. The average Bonchev–Trinajstić information content (AvgIpc) is 2.37. The summed E-state index contributed by atoms with van der Waals surface area (Å²) in [6, 6.07) is 7.81. The van der Waals surface area contributed by atoms with E-state index in [1.54, 1.807) is 24.3 Å². The summed E-state index contributed by atoms with van der Waals surface area (Å²) in [4.78, 5) is 3.53. The van der Waals surface area contributed by atoms with E-state index in [2.05, 4.69) is 4.98 Å². The van der Waals surface area contributed by atoms with Gasteiger partial charge in [-0.2, -0.15) is 0 Å². The van der Waals surface area contributed by atoms with E-state index < -0.39 is 12.4 Å². The Bertz CT molecular complexity index is 560. The Kier molecular flexibility index (Phi) is 4.00. The van der Waals surface area contributed by atoms with Gasteiger partial charge in [-0.1, -0.05) is 29.2 Å². The third kappa shape index (κ3) is 3.89. The Morgan fingerprint density at radius 3 is 2.42 bits per heavy atom. The molecule has 0 bridgehead atoms. The Balaban J connectivity index is 2.05. The number of benzene rings is 1. The van der Waals surface area contributed by atoms with Gasteiger partial charge in [0.15, 0.2) is 0 Å². The normalized spacial score (nSPS) is 11.4. The Labute approximate surface area is 113 Å². The maximum atomic E-state index is 12.5. The second-order valence-electron chi connectivity index (χ2n) is 3.94. The van der Waals surface area contributed by atoms with Crippen LogP contribution in [0.4, 0.5) is 12.9 Å². The number of ether oxygens (including phenoxy) is 1. The minimum atomic E-state index is -5.06. The highest BCUT2D eigenvalue weighted by molar-refractivity contribution is 6.73. The zero-order valence-electron chi connectivity index (χ0n) is 9.69. The van der Waals surface area contributed by atoms with E-state index in [1.807, 2.05) is 0 Å². The van der Waals surface area contributed by atoms with Crippen LogP contribution >= 0.6 is 11.6 Å². The van der Waals surface area contributed by atoms with Crippen molar-refractivity contribution in [1.29, 1.82) is 0 Å². The van der Waals surface area contributed by atoms with Crippen LogP contribution in [0.15, 0.2) is 42.7 Å². The van der Waals surface area contributed by atoms with E-state index in [-0.39, 0.29) is 12.4 Å². The minimum Gasteiger partial charge on any atom is -0.487 e. The van der Waals surface area contributed by atoms with Crippen LogP contribution < -0.4 is 10.2 Å². The quantitative estimate of drug-likeness (QED) is 0.804. The van der Waals surface area contributed by atoms with Crippen LogP contribution in [0.3, 0.4) is 0 Å². The fraction of sp³-hybridized carbons (Fsp3) is 0.0833. The molecule has 0 N–H and O–H groups in total. The first-order valence-corrected chi connectivity index (χ1v) is 5.85. The molecule has 0 radical (unpaired) electrons. The first kappa shape index (κ1) is 13.7. The number of halogens is 4. The molecule has 0 unspecified atom stereocenters. The van der Waals surface area contributed by atoms with E-state index >= 15 is 0 Å². The summed E-state index contributed by atoms with van der Waals surface area (Å²) in [6.45, 7) is -4.90. The number of hydrogen-bond donors (Lipinski definition) is 0. The molecule has 0 aliphatic rings. The van der Waals surface area contributed by atoms with E-state index in [4.69, 9.17) is 16.3 Å². The highest BCUT2D eigenvalue weighted by atomic mass is 35.5. The van der Waals surface area contributed by atoms with Crippen molar-refractivity contribution < 1.29 is 17.7 Å². The molecule has 100 valence electrons. The largest absolute Gasteiger partial charge is 0.511 e. The van der Waals surface area contributed by atoms with Crippen molar-refractivity contribution in [1.82, 2.24) is 4.98 Å². The molecule has 0 aliphatic heterocycles. The van der Waals surface area contributed by atoms with Crippen molar-refractivity contribution in [2.75, 3.05) is 0 Å². The number of nitrogens with zero attached hydrogens (tertiary/aromatic N) is 1. The highest BCUT2D eigenvalue weighted by Crippen LogP contribution is 2.15. The predicted octanol–water partition coefficient (Wildman–Crippen LogP) is 3.37. The molecule has 0 saturated heterocycles. The molecule has 0 atom stereocenters. The molecule has 0 spiro atoms. The summed E-state index contributed by atoms with van der Waals surface area (Å²) in [5, 5.41) is 0.590. The van der Waals surface area contributed by atoms with Crippen LogP contribution in [0.5, 0.6) is 5.75 Å². The topological polar surface area (TPSA) is 22.1 Å². The van der Waals surface area contributed by atoms with Crippen LogP contribution in [0, 0.1) is 0 Å². The maximum Gasteiger partial charge on any atom is 0.511 e. The van der Waals surface area contributed by atoms with Gasteiger partial charge in [-0.3, -0.25) is 4.98 Å². The Hall–Kier alpha value is -1.69. The predicted molar refractivity (Wildman–Crippen MR) is 68.7 cm³/mol. The third-order valence-corrected chi connectivity index (χ3v) is 2.68. The van der Waals surface area contributed by atoms with Gasteiger partial charge in [0.2, 0.25) is 0 Å². The monoisotopic (exact) mass is 286 g/mol. The first-order chi connectivity index (χ1) is 8.95. The molecule has 0 aliphatic carbocycles. The third-order valence-electron chi connectivity index (χ3n) is 2.43. The van der Waals surface area contributed by atoms with E-state index in [0.29, 0.717) is 5.02 Å². The first-order valence-electron chi connectivity index (χ1n) is 5.47. The Morgan fingerprint density at radius 1 is 1.11 bits per heavy atom. The molecule has 0 amide bonds. The summed E-state index contributed by atoms with van der Waals surface area (Å²) >= 11 is 5.73. The van der Waals surface area contributed by atoms with Crippen molar-refractivity contribution in [3.63, 3.8) is 0 Å². The second-order valence-corrected chi connectivity index (χ2v) is 4.38. The van der Waals surface area contributed by atoms with Gasteiger partial charge in [-0.25, -0.2) is 0 Å². The lowest BCUT2D eigenvalue weighted by molar-refractivity contribution is 0.305. The molecule has 0 saturated carbocycles. The zero-order chi connectivity index (χ0) is 13.9. The van der Waals surface area contributed by atoms with Crippen molar-refractivity contribution in [3.05, 3.63) is 53.3 Å². The van der Waals surface area contributed by atoms with E-state index in [1.165, 1.54) is 6.20 Å². The van der Waals surface area contributed by atoms with Crippen molar-refractivity contribution in [3.8, 4) is 5.75 Å². The van der Waals surface area contributed by atoms with Crippen LogP contribution in [-0.4, -0.2) is 12.0 Å². The molecule has 0 fully saturated rings. The van der Waals surface area contributed by atoms with Gasteiger partial charge in [0.05, 0.1) is 6.20 Å². The summed E-state index contributed by atoms with van der Waals surface area (Å²) < 4.78 is 42.9. The lowest BCUT2D eigenvalue weighted by Gasteiger charge is -2.15. The van der Waals surface area contributed by atoms with Gasteiger partial charge < -0.3 is 17.7 Å². The van der Waals surface area contributed by atoms with E-state index in [0.717, 1.165) is 17.8 Å². The Morgan fingerprint density at radius 2 is 1.79 bits per heavy atom. The van der Waals surface area contributed by atoms with Gasteiger partial charge in [-0.15, -0.1) is 0 Å². The zero-order valence-corrected chi connectivity index (χ0v) is 10.4. The lowest BCUT2D eigenvalue weighted by Crippen LogP contribution is -2.34. The van der Waals surface area contributed by atoms with Crippen LogP contribution in [0.25, 0.3) is 0 Å².